The van der Waals surface area contributed by atoms with Crippen molar-refractivity contribution in [2.75, 3.05) is 5.75 Å². The Morgan fingerprint density at radius 1 is 1.22 bits per heavy atom. The number of hydrogen-bond donors (Lipinski definition) is 1. The number of carbonyl (C=O) groups excluding carboxylic acids is 2. The molecule has 1 aliphatic rings. The number of nitro groups is 1. The summed E-state index contributed by atoms with van der Waals surface area (Å²) < 4.78 is 12.0. The lowest BCUT2D eigenvalue weighted by Gasteiger charge is -2.48. The average Bonchev–Trinajstić information content (AvgIpc) is 2.92. The average molecular weight is 598 g/mol. The zero-order chi connectivity index (χ0) is 30.5. The number of thioether (sulfide) groups is 1. The van der Waals surface area contributed by atoms with Crippen molar-refractivity contribution in [1.29, 1.82) is 5.26 Å². The topological polar surface area (TPSA) is 143 Å². The molecule has 0 unspecified atom stereocenters. The number of nitro benzene ring substituents is 1. The number of nitrogens with zero attached hydrogens (tertiary/aromatic N) is 3. The third-order valence-corrected chi connectivity index (χ3v) is 7.69. The molecule has 2 aromatic rings. The van der Waals surface area contributed by atoms with Crippen LogP contribution >= 0.6 is 24.0 Å². The second-order valence-electron chi connectivity index (χ2n) is 10.3. The van der Waals surface area contributed by atoms with E-state index in [0.717, 1.165) is 0 Å². The van der Waals surface area contributed by atoms with Gasteiger partial charge in [-0.2, -0.15) is 5.26 Å². The Labute approximate surface area is 248 Å². The van der Waals surface area contributed by atoms with Crippen LogP contribution in [-0.2, 0) is 20.9 Å². The van der Waals surface area contributed by atoms with Gasteiger partial charge in [0.2, 0.25) is 16.7 Å². The molecule has 2 aromatic carbocycles. The Kier molecular flexibility index (Phi) is 10.3. The lowest BCUT2D eigenvalue weighted by atomic mass is 9.87. The predicted molar refractivity (Wildman–Crippen MR) is 158 cm³/mol. The van der Waals surface area contributed by atoms with E-state index >= 15 is 0 Å². The van der Waals surface area contributed by atoms with Crippen LogP contribution in [-0.4, -0.2) is 48.9 Å². The lowest BCUT2D eigenvalue weighted by molar-refractivity contribution is -0.384. The number of benzene rings is 2. The number of β-lactam (4-membered cyclic amide) rings is 1. The third-order valence-electron chi connectivity index (χ3n) is 6.20. The molecule has 12 heteroatoms. The minimum absolute atomic E-state index is 0.0425. The number of ether oxygens (including phenoxy) is 2. The molecule has 1 saturated heterocycles. The van der Waals surface area contributed by atoms with Crippen LogP contribution in [0.15, 0.2) is 60.0 Å². The molecule has 3 rings (SSSR count). The fourth-order valence-corrected chi connectivity index (χ4v) is 5.51. The molecular weight excluding hydrogens is 566 g/mol. The Morgan fingerprint density at radius 3 is 2.32 bits per heavy atom. The number of non-ortho nitro benzene ring substituents is 1. The summed E-state index contributed by atoms with van der Waals surface area (Å²) in [5.41, 5.74) is -0.110. The summed E-state index contributed by atoms with van der Waals surface area (Å²) in [5.74, 6) is -0.979. The van der Waals surface area contributed by atoms with E-state index in [0.29, 0.717) is 16.9 Å². The van der Waals surface area contributed by atoms with Gasteiger partial charge in [0, 0.05) is 17.5 Å². The number of nitriles is 1. The second kappa shape index (κ2) is 13.2. The van der Waals surface area contributed by atoms with Crippen molar-refractivity contribution >= 4 is 46.4 Å². The van der Waals surface area contributed by atoms with E-state index in [-0.39, 0.29) is 34.6 Å². The molecule has 3 atom stereocenters. The molecule has 0 saturated carbocycles. The SMILES string of the molecule is CCS[C@@H]1[C@@H]([C@@H](C)O)C(=O)N1C(C(=S)OCc1ccc([N+](=O)[O-])cc1)=C(Oc1ccc(C#N)cc1)C(=O)C(C)(C)C. The van der Waals surface area contributed by atoms with E-state index in [1.165, 1.54) is 72.1 Å². The molecule has 216 valence electrons. The van der Waals surface area contributed by atoms with Crippen LogP contribution in [0.1, 0.15) is 45.7 Å². The summed E-state index contributed by atoms with van der Waals surface area (Å²) in [7, 11) is 0. The number of aliphatic hydroxyl groups excluding tert-OH is 1. The lowest BCUT2D eigenvalue weighted by Crippen LogP contribution is -2.63. The van der Waals surface area contributed by atoms with Crippen molar-refractivity contribution in [3.8, 4) is 11.8 Å². The van der Waals surface area contributed by atoms with Crippen LogP contribution in [0.25, 0.3) is 0 Å². The summed E-state index contributed by atoms with van der Waals surface area (Å²) in [6.45, 7) is 8.44. The monoisotopic (exact) mass is 597 g/mol. The van der Waals surface area contributed by atoms with Gasteiger partial charge in [-0.05, 0) is 66.9 Å². The quantitative estimate of drug-likeness (QED) is 0.0924. The maximum absolute atomic E-state index is 13.8. The number of ketones is 1. The van der Waals surface area contributed by atoms with E-state index < -0.39 is 39.4 Å². The first-order chi connectivity index (χ1) is 19.3. The van der Waals surface area contributed by atoms with Gasteiger partial charge < -0.3 is 14.6 Å². The highest BCUT2D eigenvalue weighted by atomic mass is 32.2. The first-order valence-electron chi connectivity index (χ1n) is 12.8. The van der Waals surface area contributed by atoms with Crippen molar-refractivity contribution < 1.29 is 29.1 Å². The van der Waals surface area contributed by atoms with Gasteiger partial charge >= 0.3 is 0 Å². The number of hydrogen-bond acceptors (Lipinski definition) is 10. The molecule has 0 aromatic heterocycles. The van der Waals surface area contributed by atoms with Crippen LogP contribution in [0.4, 0.5) is 5.69 Å². The molecular formula is C29H31N3O7S2. The van der Waals surface area contributed by atoms with Crippen LogP contribution in [0, 0.1) is 32.8 Å². The fraction of sp³-hybridized carbons (Fsp3) is 0.379. The fourth-order valence-electron chi connectivity index (χ4n) is 4.01. The molecule has 1 aliphatic heterocycles. The number of amides is 1. The number of likely N-dealkylation sites (tertiary alicyclic amines) is 1. The number of Topliss-reactive ketones (excluding diaryl/α,β-unsaturated/α-hetero) is 1. The van der Waals surface area contributed by atoms with Gasteiger partial charge in [-0.25, -0.2) is 0 Å². The maximum Gasteiger partial charge on any atom is 0.269 e. The minimum atomic E-state index is -0.952. The zero-order valence-corrected chi connectivity index (χ0v) is 25.0. The molecule has 0 radical (unpaired) electrons. The highest BCUT2D eigenvalue weighted by Gasteiger charge is 2.54. The highest BCUT2D eigenvalue weighted by molar-refractivity contribution is 8.00. The van der Waals surface area contributed by atoms with Crippen LogP contribution in [0.5, 0.6) is 5.75 Å². The van der Waals surface area contributed by atoms with Gasteiger partial charge in [0.1, 0.15) is 18.1 Å². The van der Waals surface area contributed by atoms with Crippen LogP contribution < -0.4 is 4.74 Å². The minimum Gasteiger partial charge on any atom is -0.477 e. The number of carbonyl (C=O) groups is 2. The number of thiocarbonyl (C=S) groups is 1. The second-order valence-corrected chi connectivity index (χ2v) is 12.1. The van der Waals surface area contributed by atoms with Crippen molar-refractivity contribution in [2.24, 2.45) is 11.3 Å². The Hall–Kier alpha value is -3.79. The Morgan fingerprint density at radius 2 is 1.83 bits per heavy atom. The van der Waals surface area contributed by atoms with Gasteiger partial charge in [-0.3, -0.25) is 24.6 Å². The number of rotatable bonds is 11. The van der Waals surface area contributed by atoms with Crippen molar-refractivity contribution in [3.05, 3.63) is 81.2 Å². The van der Waals surface area contributed by atoms with Crippen molar-refractivity contribution in [3.63, 3.8) is 0 Å². The summed E-state index contributed by atoms with van der Waals surface area (Å²) >= 11 is 7.07. The van der Waals surface area contributed by atoms with Gasteiger partial charge in [0.25, 0.3) is 5.69 Å². The van der Waals surface area contributed by atoms with E-state index in [1.54, 1.807) is 20.8 Å². The molecule has 1 heterocycles. The van der Waals surface area contributed by atoms with Gasteiger partial charge in [-0.15, -0.1) is 11.8 Å². The molecule has 0 spiro atoms. The summed E-state index contributed by atoms with van der Waals surface area (Å²) in [5, 5.41) is 29.8. The van der Waals surface area contributed by atoms with Crippen LogP contribution in [0.3, 0.4) is 0 Å². The summed E-state index contributed by atoms with van der Waals surface area (Å²) in [6, 6.07) is 13.9. The molecule has 41 heavy (non-hydrogen) atoms. The molecule has 0 bridgehead atoms. The van der Waals surface area contributed by atoms with Gasteiger partial charge in [0.05, 0.1) is 34.0 Å². The molecule has 1 fully saturated rings. The van der Waals surface area contributed by atoms with Crippen molar-refractivity contribution in [1.82, 2.24) is 4.90 Å². The molecule has 1 N–H and O–H groups in total. The molecule has 0 aliphatic carbocycles. The van der Waals surface area contributed by atoms with Crippen LogP contribution in [0.2, 0.25) is 0 Å². The smallest absolute Gasteiger partial charge is 0.269 e. The first-order valence-corrected chi connectivity index (χ1v) is 14.3. The zero-order valence-electron chi connectivity index (χ0n) is 23.3. The Balaban J connectivity index is 2.12. The van der Waals surface area contributed by atoms with E-state index in [1.807, 2.05) is 13.0 Å². The molecule has 10 nitrogen and oxygen atoms in total. The van der Waals surface area contributed by atoms with E-state index in [2.05, 4.69) is 0 Å². The first kappa shape index (κ1) is 31.7. The van der Waals surface area contributed by atoms with Crippen molar-refractivity contribution in [2.45, 2.75) is 52.7 Å². The largest absolute Gasteiger partial charge is 0.477 e. The summed E-state index contributed by atoms with van der Waals surface area (Å²) in [6.07, 6.45) is -0.945. The summed E-state index contributed by atoms with van der Waals surface area (Å²) in [4.78, 5) is 39.1. The highest BCUT2D eigenvalue weighted by Crippen LogP contribution is 2.42. The Bertz CT molecular complexity index is 1390. The number of aliphatic hydroxyl groups is 1. The maximum atomic E-state index is 13.8. The molecule has 1 amide bonds. The van der Waals surface area contributed by atoms with E-state index in [4.69, 9.17) is 27.0 Å². The van der Waals surface area contributed by atoms with Gasteiger partial charge in [-0.1, -0.05) is 27.7 Å². The normalized spacial score (nSPS) is 18.0. The van der Waals surface area contributed by atoms with Gasteiger partial charge in [0.15, 0.2) is 5.76 Å². The third kappa shape index (κ3) is 7.30. The number of allylic oxidation sites excluding steroid dienone is 1. The van der Waals surface area contributed by atoms with E-state index in [9.17, 15) is 24.8 Å². The standard InChI is InChI=1S/C29H31N3O7S2/c1-6-41-27-22(17(2)33)26(35)31(27)23(28(40)38-16-19-7-11-20(12-8-19)32(36)37)24(25(34)29(3,4)5)39-21-13-9-18(15-30)10-14-21/h7-14,17,22,27,33H,6,16H2,1-5H3/t17-,22+,27-/m1/s1. The predicted octanol–water partition coefficient (Wildman–Crippen LogP) is 5.13.